The van der Waals surface area contributed by atoms with Crippen LogP contribution in [0.3, 0.4) is 0 Å². The van der Waals surface area contributed by atoms with Crippen LogP contribution in [0.25, 0.3) is 10.9 Å². The van der Waals surface area contributed by atoms with Crippen LogP contribution in [-0.2, 0) is 24.4 Å². The quantitative estimate of drug-likeness (QED) is 0.669. The highest BCUT2D eigenvalue weighted by molar-refractivity contribution is 7.07. The molecular weight excluding hydrogens is 324 g/mol. The third-order valence-corrected chi connectivity index (χ3v) is 4.53. The van der Waals surface area contributed by atoms with Crippen molar-refractivity contribution in [3.63, 3.8) is 0 Å². The van der Waals surface area contributed by atoms with E-state index in [0.717, 1.165) is 6.54 Å². The van der Waals surface area contributed by atoms with Gasteiger partial charge in [-0.05, 0) is 29.0 Å². The Balaban J connectivity index is 1.98. The Morgan fingerprint density at radius 2 is 2.08 bits per heavy atom. The van der Waals surface area contributed by atoms with Gasteiger partial charge in [0.15, 0.2) is 5.82 Å². The number of benzene rings is 1. The number of hydrogen-bond acceptors (Lipinski definition) is 4. The highest BCUT2D eigenvalue weighted by Crippen LogP contribution is 2.08. The summed E-state index contributed by atoms with van der Waals surface area (Å²) in [6, 6.07) is 9.24. The second-order valence-corrected chi connectivity index (χ2v) is 6.63. The van der Waals surface area contributed by atoms with Gasteiger partial charge in [-0.15, -0.1) is 0 Å². The second-order valence-electron chi connectivity index (χ2n) is 5.85. The van der Waals surface area contributed by atoms with Gasteiger partial charge in [-0.25, -0.2) is 4.98 Å². The van der Waals surface area contributed by atoms with Gasteiger partial charge in [0.25, 0.3) is 5.56 Å². The lowest BCUT2D eigenvalue weighted by Gasteiger charge is -2.16. The van der Waals surface area contributed by atoms with E-state index in [9.17, 15) is 9.59 Å². The van der Waals surface area contributed by atoms with Gasteiger partial charge in [-0.1, -0.05) is 12.1 Å². The molecule has 1 amide bonds. The molecule has 7 heteroatoms. The number of carbonyl (C=O) groups is 1. The Morgan fingerprint density at radius 1 is 1.29 bits per heavy atom. The average Bonchev–Trinajstić information content (AvgIpc) is 3.03. The van der Waals surface area contributed by atoms with E-state index in [-0.39, 0.29) is 12.1 Å². The number of hydrogen-bond donors (Lipinski definition) is 2. The van der Waals surface area contributed by atoms with Crippen LogP contribution in [0.5, 0.6) is 0 Å². The Bertz CT molecular complexity index is 918. The number of nitrogens with one attached hydrogen (secondary N) is 1. The van der Waals surface area contributed by atoms with Crippen molar-refractivity contribution in [2.24, 2.45) is 5.73 Å². The Kier molecular flexibility index (Phi) is 4.73. The van der Waals surface area contributed by atoms with Gasteiger partial charge in [-0.2, -0.15) is 11.3 Å². The van der Waals surface area contributed by atoms with Gasteiger partial charge in [-0.3, -0.25) is 14.2 Å². The number of nitrogens with zero attached hydrogens (tertiary/aromatic N) is 2. The number of aromatic nitrogens is 2. The summed E-state index contributed by atoms with van der Waals surface area (Å²) in [6.45, 7) is 1.20. The molecule has 3 N–H and O–H groups in total. The molecule has 2 heterocycles. The number of para-hydroxylation sites is 1. The van der Waals surface area contributed by atoms with Crippen molar-refractivity contribution in [1.82, 2.24) is 9.55 Å². The van der Waals surface area contributed by atoms with E-state index < -0.39 is 5.91 Å². The van der Waals surface area contributed by atoms with Crippen LogP contribution in [0.15, 0.2) is 45.9 Å². The maximum Gasteiger partial charge on any atom is 0.262 e. The van der Waals surface area contributed by atoms with Crippen molar-refractivity contribution in [1.29, 1.82) is 0 Å². The van der Waals surface area contributed by atoms with E-state index in [0.29, 0.717) is 23.3 Å². The summed E-state index contributed by atoms with van der Waals surface area (Å²) in [7, 11) is 2.04. The maximum absolute atomic E-state index is 12.7. The summed E-state index contributed by atoms with van der Waals surface area (Å²) in [6.07, 6.45) is 0. The van der Waals surface area contributed by atoms with Gasteiger partial charge in [0.05, 0.1) is 18.0 Å². The largest absolute Gasteiger partial charge is 0.368 e. The molecule has 2 aromatic heterocycles. The van der Waals surface area contributed by atoms with Gasteiger partial charge in [0.2, 0.25) is 5.91 Å². The molecule has 0 radical (unpaired) electrons. The topological polar surface area (TPSA) is 82.4 Å². The fourth-order valence-electron chi connectivity index (χ4n) is 2.74. The second kappa shape index (κ2) is 6.94. The fourth-order valence-corrected chi connectivity index (χ4v) is 3.41. The summed E-state index contributed by atoms with van der Waals surface area (Å²) in [5.74, 6) is 0.0242. The standard InChI is InChI=1S/C17H18N4O2S/c1-20(8-12-6-7-24-11-12)10-16-19-14-5-3-2-4-13(14)17(23)21(16)9-15(18)22/h2-7,11H,8-10H2,1H3,(H2,18,22)/p+1. The first-order valence-corrected chi connectivity index (χ1v) is 8.58. The van der Waals surface area contributed by atoms with E-state index in [1.807, 2.05) is 24.6 Å². The number of thiophene rings is 1. The van der Waals surface area contributed by atoms with Crippen molar-refractivity contribution < 1.29 is 9.69 Å². The minimum absolute atomic E-state index is 0.155. The molecule has 1 atom stereocenters. The number of fused-ring (bicyclic) bond motifs is 1. The number of primary amides is 1. The monoisotopic (exact) mass is 343 g/mol. The molecular formula is C17H19N4O2S+. The molecule has 6 nitrogen and oxygen atoms in total. The molecule has 0 aliphatic heterocycles. The zero-order chi connectivity index (χ0) is 17.1. The van der Waals surface area contributed by atoms with E-state index in [4.69, 9.17) is 5.73 Å². The molecule has 0 fully saturated rings. The number of quaternary nitrogens is 1. The van der Waals surface area contributed by atoms with Crippen molar-refractivity contribution in [2.45, 2.75) is 19.6 Å². The number of nitrogens with two attached hydrogens (primary N) is 1. The summed E-state index contributed by atoms with van der Waals surface area (Å²) in [4.78, 5) is 29.8. The lowest BCUT2D eigenvalue weighted by atomic mass is 10.2. The van der Waals surface area contributed by atoms with Gasteiger partial charge < -0.3 is 10.6 Å². The summed E-state index contributed by atoms with van der Waals surface area (Å²) in [5, 5.41) is 4.64. The lowest BCUT2D eigenvalue weighted by molar-refractivity contribution is -0.908. The first-order chi connectivity index (χ1) is 11.5. The minimum atomic E-state index is -0.550. The van der Waals surface area contributed by atoms with Crippen molar-refractivity contribution in [3.05, 3.63) is 62.8 Å². The molecule has 124 valence electrons. The molecule has 3 rings (SSSR count). The van der Waals surface area contributed by atoms with Crippen LogP contribution in [0.4, 0.5) is 0 Å². The SMILES string of the molecule is C[NH+](Cc1ccsc1)Cc1nc2ccccc2c(=O)n1CC(N)=O. The minimum Gasteiger partial charge on any atom is -0.368 e. The summed E-state index contributed by atoms with van der Waals surface area (Å²) < 4.78 is 1.39. The molecule has 0 aliphatic rings. The van der Waals surface area contributed by atoms with Gasteiger partial charge >= 0.3 is 0 Å². The number of carbonyl (C=O) groups excluding carboxylic acids is 1. The van der Waals surface area contributed by atoms with E-state index in [1.54, 1.807) is 23.5 Å². The van der Waals surface area contributed by atoms with E-state index in [1.165, 1.54) is 15.0 Å². The van der Waals surface area contributed by atoms with Gasteiger partial charge in [0, 0.05) is 5.56 Å². The van der Waals surface area contributed by atoms with Crippen LogP contribution >= 0.6 is 11.3 Å². The highest BCUT2D eigenvalue weighted by atomic mass is 32.1. The molecule has 0 bridgehead atoms. The lowest BCUT2D eigenvalue weighted by Crippen LogP contribution is -3.06. The maximum atomic E-state index is 12.7. The van der Waals surface area contributed by atoms with Crippen molar-refractivity contribution >= 4 is 28.1 Å². The Labute approximate surface area is 143 Å². The van der Waals surface area contributed by atoms with Crippen molar-refractivity contribution in [2.75, 3.05) is 7.05 Å². The molecule has 0 aliphatic carbocycles. The highest BCUT2D eigenvalue weighted by Gasteiger charge is 2.16. The van der Waals surface area contributed by atoms with Crippen LogP contribution in [0, 0.1) is 0 Å². The third kappa shape index (κ3) is 3.52. The number of amides is 1. The predicted molar refractivity (Wildman–Crippen MR) is 93.8 cm³/mol. The summed E-state index contributed by atoms with van der Waals surface area (Å²) in [5.41, 5.74) is 6.97. The number of rotatable bonds is 6. The fraction of sp³-hybridized carbons (Fsp3) is 0.235. The average molecular weight is 343 g/mol. The van der Waals surface area contributed by atoms with Gasteiger partial charge in [0.1, 0.15) is 19.6 Å². The Hall–Kier alpha value is -2.51. The first-order valence-electron chi connectivity index (χ1n) is 7.63. The predicted octanol–water partition coefficient (Wildman–Crippen LogP) is 0.158. The molecule has 0 saturated carbocycles. The smallest absolute Gasteiger partial charge is 0.262 e. The third-order valence-electron chi connectivity index (χ3n) is 3.80. The normalized spacial score (nSPS) is 12.4. The van der Waals surface area contributed by atoms with E-state index >= 15 is 0 Å². The van der Waals surface area contributed by atoms with Crippen LogP contribution < -0.4 is 16.2 Å². The molecule has 3 aromatic rings. The molecule has 1 aromatic carbocycles. The Morgan fingerprint density at radius 3 is 2.79 bits per heavy atom. The zero-order valence-electron chi connectivity index (χ0n) is 13.4. The molecule has 1 unspecified atom stereocenters. The van der Waals surface area contributed by atoms with Crippen LogP contribution in [0.2, 0.25) is 0 Å². The summed E-state index contributed by atoms with van der Waals surface area (Å²) >= 11 is 1.66. The molecule has 24 heavy (non-hydrogen) atoms. The first kappa shape index (κ1) is 16.4. The van der Waals surface area contributed by atoms with E-state index in [2.05, 4.69) is 16.4 Å². The zero-order valence-corrected chi connectivity index (χ0v) is 14.2. The molecule has 0 spiro atoms. The molecule has 0 saturated heterocycles. The van der Waals surface area contributed by atoms with Crippen LogP contribution in [0.1, 0.15) is 11.4 Å². The van der Waals surface area contributed by atoms with Crippen LogP contribution in [-0.4, -0.2) is 22.5 Å². The van der Waals surface area contributed by atoms with Crippen molar-refractivity contribution in [3.8, 4) is 0 Å².